The maximum Gasteiger partial charge on any atom is 0.145 e. The predicted octanol–water partition coefficient (Wildman–Crippen LogP) is 3.44. The van der Waals surface area contributed by atoms with Crippen LogP contribution in [0.1, 0.15) is 5.69 Å². The Balaban J connectivity index is 1.81. The zero-order valence-corrected chi connectivity index (χ0v) is 15.1. The normalized spacial score (nSPS) is 12.2. The summed E-state index contributed by atoms with van der Waals surface area (Å²) in [6, 6.07) is 3.21. The summed E-state index contributed by atoms with van der Waals surface area (Å²) in [7, 11) is -1.05. The van der Waals surface area contributed by atoms with Gasteiger partial charge in [-0.05, 0) is 19.0 Å². The zero-order chi connectivity index (χ0) is 16.4. The van der Waals surface area contributed by atoms with Crippen LogP contribution in [0.3, 0.4) is 0 Å². The molecule has 0 aliphatic rings. The number of H-pyrrole nitrogens is 1. The first-order chi connectivity index (χ1) is 11.0. The first-order valence-electron chi connectivity index (χ1n) is 7.84. The summed E-state index contributed by atoms with van der Waals surface area (Å²) in [6.07, 6.45) is 5.41. The fourth-order valence-corrected chi connectivity index (χ4v) is 3.21. The molecule has 0 aliphatic carbocycles. The van der Waals surface area contributed by atoms with Crippen molar-refractivity contribution < 1.29 is 4.74 Å². The van der Waals surface area contributed by atoms with Gasteiger partial charge in [0, 0.05) is 37.5 Å². The molecule has 122 valence electrons. The molecule has 0 bridgehead atoms. The molecule has 0 aromatic carbocycles. The predicted molar refractivity (Wildman–Crippen MR) is 94.0 cm³/mol. The lowest BCUT2D eigenvalue weighted by Gasteiger charge is -2.15. The number of nitrogens with zero attached hydrogens (tertiary/aromatic N) is 4. The van der Waals surface area contributed by atoms with E-state index < -0.39 is 8.07 Å². The van der Waals surface area contributed by atoms with Crippen molar-refractivity contribution in [2.75, 3.05) is 6.61 Å². The second-order valence-electron chi connectivity index (χ2n) is 7.00. The largest absolute Gasteiger partial charge is 0.361 e. The SMILES string of the molecule is Cc1[nH]ncc1-c1ncnc2c1ccn2COCC[Si](C)(C)C. The van der Waals surface area contributed by atoms with Crippen LogP contribution in [0, 0.1) is 6.92 Å². The monoisotopic (exact) mass is 329 g/mol. The van der Waals surface area contributed by atoms with Gasteiger partial charge in [-0.15, -0.1) is 0 Å². The van der Waals surface area contributed by atoms with Gasteiger partial charge in [0.2, 0.25) is 0 Å². The van der Waals surface area contributed by atoms with Gasteiger partial charge in [0.05, 0.1) is 11.9 Å². The van der Waals surface area contributed by atoms with E-state index in [4.69, 9.17) is 4.74 Å². The van der Waals surface area contributed by atoms with Crippen LogP contribution in [0.2, 0.25) is 25.7 Å². The first kappa shape index (κ1) is 15.9. The third kappa shape index (κ3) is 3.51. The second-order valence-corrected chi connectivity index (χ2v) is 12.6. The van der Waals surface area contributed by atoms with Gasteiger partial charge in [-0.3, -0.25) is 5.10 Å². The van der Waals surface area contributed by atoms with Gasteiger partial charge in [-0.2, -0.15) is 5.10 Å². The van der Waals surface area contributed by atoms with Crippen LogP contribution in [0.4, 0.5) is 0 Å². The topological polar surface area (TPSA) is 68.6 Å². The second kappa shape index (κ2) is 6.25. The number of rotatable bonds is 6. The van der Waals surface area contributed by atoms with Crippen molar-refractivity contribution in [2.24, 2.45) is 0 Å². The molecule has 0 saturated carbocycles. The molecule has 23 heavy (non-hydrogen) atoms. The van der Waals surface area contributed by atoms with E-state index in [1.54, 1.807) is 12.5 Å². The van der Waals surface area contributed by atoms with E-state index in [2.05, 4.69) is 39.8 Å². The molecule has 6 nitrogen and oxygen atoms in total. The van der Waals surface area contributed by atoms with Crippen LogP contribution in [-0.2, 0) is 11.5 Å². The molecule has 3 rings (SSSR count). The summed E-state index contributed by atoms with van der Waals surface area (Å²) < 4.78 is 7.86. The molecule has 0 amide bonds. The van der Waals surface area contributed by atoms with Crippen molar-refractivity contribution in [3.63, 3.8) is 0 Å². The Kier molecular flexibility index (Phi) is 4.32. The lowest BCUT2D eigenvalue weighted by Crippen LogP contribution is -2.22. The maximum atomic E-state index is 5.84. The van der Waals surface area contributed by atoms with Gasteiger partial charge < -0.3 is 9.30 Å². The lowest BCUT2D eigenvalue weighted by molar-refractivity contribution is 0.0899. The average molecular weight is 329 g/mol. The number of nitrogens with one attached hydrogen (secondary N) is 1. The molecular weight excluding hydrogens is 306 g/mol. The van der Waals surface area contributed by atoms with Crippen LogP contribution in [0.15, 0.2) is 24.8 Å². The third-order valence-corrected chi connectivity index (χ3v) is 5.57. The smallest absolute Gasteiger partial charge is 0.145 e. The highest BCUT2D eigenvalue weighted by molar-refractivity contribution is 6.76. The van der Waals surface area contributed by atoms with Crippen molar-refractivity contribution in [1.29, 1.82) is 0 Å². The summed E-state index contributed by atoms with van der Waals surface area (Å²) in [5.74, 6) is 0. The van der Waals surface area contributed by atoms with Gasteiger partial charge in [-0.25, -0.2) is 9.97 Å². The Morgan fingerprint density at radius 3 is 2.78 bits per heavy atom. The summed E-state index contributed by atoms with van der Waals surface area (Å²) in [6.45, 7) is 10.4. The fraction of sp³-hybridized carbons (Fsp3) is 0.438. The van der Waals surface area contributed by atoms with Crippen LogP contribution in [0.5, 0.6) is 0 Å². The summed E-state index contributed by atoms with van der Waals surface area (Å²) in [5.41, 5.74) is 3.81. The first-order valence-corrected chi connectivity index (χ1v) is 11.5. The minimum Gasteiger partial charge on any atom is -0.361 e. The zero-order valence-electron chi connectivity index (χ0n) is 14.1. The van der Waals surface area contributed by atoms with E-state index in [1.807, 2.05) is 23.8 Å². The fourth-order valence-electron chi connectivity index (χ4n) is 2.45. The van der Waals surface area contributed by atoms with E-state index in [0.717, 1.165) is 34.6 Å². The van der Waals surface area contributed by atoms with E-state index in [-0.39, 0.29) is 0 Å². The van der Waals surface area contributed by atoms with Crippen LogP contribution >= 0.6 is 0 Å². The van der Waals surface area contributed by atoms with Crippen molar-refractivity contribution in [3.05, 3.63) is 30.5 Å². The highest BCUT2D eigenvalue weighted by Gasteiger charge is 2.14. The average Bonchev–Trinajstić information content (AvgIpc) is 3.09. The molecule has 0 spiro atoms. The van der Waals surface area contributed by atoms with Gasteiger partial charge >= 0.3 is 0 Å². The molecule has 1 N–H and O–H groups in total. The Morgan fingerprint density at radius 2 is 2.09 bits per heavy atom. The Labute approximate surface area is 136 Å². The van der Waals surface area contributed by atoms with E-state index in [9.17, 15) is 0 Å². The number of aromatic amines is 1. The highest BCUT2D eigenvalue weighted by atomic mass is 28.3. The van der Waals surface area contributed by atoms with Crippen molar-refractivity contribution in [3.8, 4) is 11.3 Å². The highest BCUT2D eigenvalue weighted by Crippen LogP contribution is 2.27. The van der Waals surface area contributed by atoms with Gasteiger partial charge in [0.25, 0.3) is 0 Å². The molecule has 0 saturated heterocycles. The summed E-state index contributed by atoms with van der Waals surface area (Å²) in [5, 5.41) is 8.06. The molecule has 3 aromatic heterocycles. The molecule has 0 unspecified atom stereocenters. The van der Waals surface area contributed by atoms with E-state index in [0.29, 0.717) is 6.73 Å². The Hall–Kier alpha value is -1.99. The number of aryl methyl sites for hydroxylation is 1. The molecule has 3 aromatic rings. The summed E-state index contributed by atoms with van der Waals surface area (Å²) >= 11 is 0. The van der Waals surface area contributed by atoms with E-state index in [1.165, 1.54) is 6.04 Å². The summed E-state index contributed by atoms with van der Waals surface area (Å²) in [4.78, 5) is 8.85. The van der Waals surface area contributed by atoms with Gasteiger partial charge in [0.15, 0.2) is 0 Å². The molecular formula is C16H23N5OSi. The van der Waals surface area contributed by atoms with Crippen LogP contribution in [-0.4, -0.2) is 39.4 Å². The molecule has 0 radical (unpaired) electrons. The van der Waals surface area contributed by atoms with Crippen LogP contribution < -0.4 is 0 Å². The molecule has 0 atom stereocenters. The molecule has 0 aliphatic heterocycles. The molecule has 3 heterocycles. The standard InChI is InChI=1S/C16H23N5OSi/c1-12-14(9-19-20-12)15-13-5-6-21(16(13)18-10-17-15)11-22-7-8-23(2,3)4/h5-6,9-10H,7-8,11H2,1-4H3,(H,19,20). The number of hydrogen-bond donors (Lipinski definition) is 1. The maximum absolute atomic E-state index is 5.84. The lowest BCUT2D eigenvalue weighted by atomic mass is 10.1. The van der Waals surface area contributed by atoms with Crippen molar-refractivity contribution in [2.45, 2.75) is 39.3 Å². The third-order valence-electron chi connectivity index (χ3n) is 3.87. The Morgan fingerprint density at radius 1 is 1.26 bits per heavy atom. The molecule has 0 fully saturated rings. The number of fused-ring (bicyclic) bond motifs is 1. The number of aromatic nitrogens is 5. The Bertz CT molecular complexity index is 802. The van der Waals surface area contributed by atoms with Crippen molar-refractivity contribution >= 4 is 19.1 Å². The van der Waals surface area contributed by atoms with Gasteiger partial charge in [-0.1, -0.05) is 19.6 Å². The minimum atomic E-state index is -1.05. The quantitative estimate of drug-likeness (QED) is 0.555. The minimum absolute atomic E-state index is 0.523. The van der Waals surface area contributed by atoms with E-state index >= 15 is 0 Å². The van der Waals surface area contributed by atoms with Crippen LogP contribution in [0.25, 0.3) is 22.3 Å². The molecule has 7 heteroatoms. The number of ether oxygens (including phenoxy) is 1. The van der Waals surface area contributed by atoms with Crippen molar-refractivity contribution in [1.82, 2.24) is 24.7 Å². The number of hydrogen-bond acceptors (Lipinski definition) is 4. The van der Waals surface area contributed by atoms with Gasteiger partial charge in [0.1, 0.15) is 18.7 Å².